The van der Waals surface area contributed by atoms with E-state index >= 15 is 0 Å². The molecule has 2 aromatic rings. The number of alkyl halides is 3. The smallest absolute Gasteiger partial charge is 0.387 e. The monoisotopic (exact) mass is 310 g/mol. The fraction of sp³-hybridized carbons (Fsp3) is 0.294. The van der Waals surface area contributed by atoms with Crippen LogP contribution in [0.2, 0.25) is 0 Å². The molecule has 0 saturated carbocycles. The Bertz CT molecular complexity index is 564. The van der Waals surface area contributed by atoms with Crippen LogP contribution in [0.25, 0.3) is 0 Å². The minimum Gasteiger partial charge on any atom is -0.435 e. The van der Waals surface area contributed by atoms with Gasteiger partial charge in [0.1, 0.15) is 5.75 Å². The molecular formula is C17H17ClF2O. The van der Waals surface area contributed by atoms with Crippen molar-refractivity contribution in [1.29, 1.82) is 0 Å². The molecule has 0 spiro atoms. The molecule has 21 heavy (non-hydrogen) atoms. The van der Waals surface area contributed by atoms with Crippen molar-refractivity contribution >= 4 is 11.6 Å². The molecular weight excluding hydrogens is 294 g/mol. The maximum absolute atomic E-state index is 12.1. The van der Waals surface area contributed by atoms with Crippen molar-refractivity contribution in [1.82, 2.24) is 0 Å². The summed E-state index contributed by atoms with van der Waals surface area (Å²) >= 11 is 6.43. The highest BCUT2D eigenvalue weighted by atomic mass is 35.5. The average molecular weight is 311 g/mol. The zero-order valence-electron chi connectivity index (χ0n) is 11.9. The predicted octanol–water partition coefficient (Wildman–Crippen LogP) is 5.74. The third kappa shape index (κ3) is 4.18. The van der Waals surface area contributed by atoms with Crippen LogP contribution in [0, 0.1) is 0 Å². The first kappa shape index (κ1) is 15.8. The highest BCUT2D eigenvalue weighted by Gasteiger charge is 2.12. The largest absolute Gasteiger partial charge is 0.435 e. The van der Waals surface area contributed by atoms with Crippen LogP contribution in [0.4, 0.5) is 8.78 Å². The summed E-state index contributed by atoms with van der Waals surface area (Å²) < 4.78 is 28.5. The van der Waals surface area contributed by atoms with Crippen molar-refractivity contribution in [2.45, 2.75) is 31.8 Å². The molecule has 2 rings (SSSR count). The number of rotatable bonds is 5. The summed E-state index contributed by atoms with van der Waals surface area (Å²) in [7, 11) is 0. The van der Waals surface area contributed by atoms with Crippen molar-refractivity contribution in [3.8, 4) is 5.75 Å². The molecule has 0 radical (unpaired) electrons. The molecule has 4 heteroatoms. The lowest BCUT2D eigenvalue weighted by Gasteiger charge is -2.13. The molecule has 0 saturated heterocycles. The Morgan fingerprint density at radius 3 is 1.67 bits per heavy atom. The molecule has 0 N–H and O–H groups in total. The van der Waals surface area contributed by atoms with Crippen molar-refractivity contribution < 1.29 is 13.5 Å². The number of hydrogen-bond donors (Lipinski definition) is 0. The molecule has 0 aliphatic rings. The topological polar surface area (TPSA) is 9.23 Å². The van der Waals surface area contributed by atoms with E-state index in [2.05, 4.69) is 30.7 Å². The summed E-state index contributed by atoms with van der Waals surface area (Å²) in [6.45, 7) is 1.45. The Morgan fingerprint density at radius 1 is 0.810 bits per heavy atom. The zero-order chi connectivity index (χ0) is 15.4. The summed E-state index contributed by atoms with van der Waals surface area (Å²) in [4.78, 5) is 0. The molecule has 112 valence electrons. The number of ether oxygens (including phenoxy) is 1. The molecule has 0 bridgehead atoms. The molecule has 1 nitrogen and oxygen atoms in total. The van der Waals surface area contributed by atoms with E-state index in [9.17, 15) is 8.78 Å². The van der Waals surface area contributed by atoms with Gasteiger partial charge in [-0.25, -0.2) is 0 Å². The average Bonchev–Trinajstić information content (AvgIpc) is 2.47. The normalized spacial score (nSPS) is 12.7. The Kier molecular flexibility index (Phi) is 5.18. The fourth-order valence-electron chi connectivity index (χ4n) is 2.06. The Morgan fingerprint density at radius 2 is 1.24 bits per heavy atom. The standard InChI is InChI=1S/C17H17ClF2O/c1-11(2)12-3-5-13(6-4-12)16(18)14-7-9-15(10-8-14)21-17(19)20/h3-11,16-17H,1-2H3. The molecule has 0 aromatic heterocycles. The van der Waals surface area contributed by atoms with Gasteiger partial charge in [-0.15, -0.1) is 11.6 Å². The number of benzene rings is 2. The van der Waals surface area contributed by atoms with E-state index in [1.807, 2.05) is 12.1 Å². The van der Waals surface area contributed by atoms with E-state index in [-0.39, 0.29) is 11.1 Å². The first-order valence-electron chi connectivity index (χ1n) is 6.76. The Labute approximate surface area is 128 Å². The molecule has 0 fully saturated rings. The second-order valence-electron chi connectivity index (χ2n) is 5.13. The minimum absolute atomic E-state index is 0.132. The Balaban J connectivity index is 2.13. The maximum atomic E-state index is 12.1. The van der Waals surface area contributed by atoms with Crippen LogP contribution in [0.15, 0.2) is 48.5 Å². The van der Waals surface area contributed by atoms with Gasteiger partial charge in [0.15, 0.2) is 0 Å². The lowest BCUT2D eigenvalue weighted by Crippen LogP contribution is -2.02. The predicted molar refractivity (Wildman–Crippen MR) is 81.3 cm³/mol. The van der Waals surface area contributed by atoms with E-state index in [4.69, 9.17) is 11.6 Å². The van der Waals surface area contributed by atoms with Crippen molar-refractivity contribution in [3.05, 3.63) is 65.2 Å². The first-order chi connectivity index (χ1) is 9.97. The highest BCUT2D eigenvalue weighted by Crippen LogP contribution is 2.31. The molecule has 1 unspecified atom stereocenters. The molecule has 1 atom stereocenters. The zero-order valence-corrected chi connectivity index (χ0v) is 12.6. The van der Waals surface area contributed by atoms with Crippen molar-refractivity contribution in [2.24, 2.45) is 0 Å². The molecule has 0 amide bonds. The lowest BCUT2D eigenvalue weighted by atomic mass is 9.98. The van der Waals surface area contributed by atoms with Gasteiger partial charge >= 0.3 is 6.61 Å². The van der Waals surface area contributed by atoms with Crippen LogP contribution in [-0.4, -0.2) is 6.61 Å². The van der Waals surface area contributed by atoms with Gasteiger partial charge in [0.25, 0.3) is 0 Å². The van der Waals surface area contributed by atoms with Gasteiger partial charge in [0.2, 0.25) is 0 Å². The summed E-state index contributed by atoms with van der Waals surface area (Å²) in [6, 6.07) is 14.5. The summed E-state index contributed by atoms with van der Waals surface area (Å²) in [6.07, 6.45) is 0. The SMILES string of the molecule is CC(C)c1ccc(C(Cl)c2ccc(OC(F)F)cc2)cc1. The second-order valence-corrected chi connectivity index (χ2v) is 5.57. The van der Waals surface area contributed by atoms with Crippen LogP contribution in [-0.2, 0) is 0 Å². The van der Waals surface area contributed by atoms with Crippen LogP contribution in [0.3, 0.4) is 0 Å². The van der Waals surface area contributed by atoms with Gasteiger partial charge < -0.3 is 4.74 Å². The second kappa shape index (κ2) is 6.90. The van der Waals surface area contributed by atoms with E-state index in [1.54, 1.807) is 12.1 Å². The van der Waals surface area contributed by atoms with Gasteiger partial charge in [-0.05, 0) is 34.7 Å². The van der Waals surface area contributed by atoms with Crippen LogP contribution >= 0.6 is 11.6 Å². The summed E-state index contributed by atoms with van der Waals surface area (Å²) in [5.74, 6) is 0.603. The van der Waals surface area contributed by atoms with E-state index < -0.39 is 6.61 Å². The summed E-state index contributed by atoms with van der Waals surface area (Å²) in [5, 5.41) is -0.313. The van der Waals surface area contributed by atoms with E-state index in [0.717, 1.165) is 11.1 Å². The number of halogens is 3. The van der Waals surface area contributed by atoms with Crippen molar-refractivity contribution in [3.63, 3.8) is 0 Å². The van der Waals surface area contributed by atoms with E-state index in [1.165, 1.54) is 17.7 Å². The fourth-order valence-corrected chi connectivity index (χ4v) is 2.35. The minimum atomic E-state index is -2.81. The van der Waals surface area contributed by atoms with Gasteiger partial charge in [-0.2, -0.15) is 8.78 Å². The van der Waals surface area contributed by atoms with Crippen molar-refractivity contribution in [2.75, 3.05) is 0 Å². The van der Waals surface area contributed by atoms with Crippen LogP contribution in [0.5, 0.6) is 5.75 Å². The first-order valence-corrected chi connectivity index (χ1v) is 7.19. The van der Waals surface area contributed by atoms with Gasteiger partial charge in [0.05, 0.1) is 5.38 Å². The van der Waals surface area contributed by atoms with E-state index in [0.29, 0.717) is 5.92 Å². The molecule has 0 heterocycles. The molecule has 0 aliphatic carbocycles. The third-order valence-electron chi connectivity index (χ3n) is 3.29. The van der Waals surface area contributed by atoms with Gasteiger partial charge in [0, 0.05) is 0 Å². The number of hydrogen-bond acceptors (Lipinski definition) is 1. The molecule has 2 aromatic carbocycles. The third-order valence-corrected chi connectivity index (χ3v) is 3.80. The lowest BCUT2D eigenvalue weighted by molar-refractivity contribution is -0.0498. The Hall–Kier alpha value is -1.61. The van der Waals surface area contributed by atoms with Crippen LogP contribution in [0.1, 0.15) is 41.8 Å². The quantitative estimate of drug-likeness (QED) is 0.640. The highest BCUT2D eigenvalue weighted by molar-refractivity contribution is 6.22. The molecule has 0 aliphatic heterocycles. The summed E-state index contributed by atoms with van der Waals surface area (Å²) in [5.41, 5.74) is 3.07. The maximum Gasteiger partial charge on any atom is 0.387 e. The van der Waals surface area contributed by atoms with Gasteiger partial charge in [-0.3, -0.25) is 0 Å². The van der Waals surface area contributed by atoms with Crippen LogP contribution < -0.4 is 4.74 Å². The van der Waals surface area contributed by atoms with Gasteiger partial charge in [-0.1, -0.05) is 50.2 Å².